The van der Waals surface area contributed by atoms with Crippen LogP contribution in [0, 0.1) is 0 Å². The second kappa shape index (κ2) is 9.40. The van der Waals surface area contributed by atoms with E-state index in [0.717, 1.165) is 13.0 Å². The molecule has 0 aliphatic heterocycles. The molecule has 0 heterocycles. The van der Waals surface area contributed by atoms with Gasteiger partial charge in [0.05, 0.1) is 4.90 Å². The maximum Gasteiger partial charge on any atom is 0.202 e. The van der Waals surface area contributed by atoms with Gasteiger partial charge in [-0.3, -0.25) is 0 Å². The topological polar surface area (TPSA) is 46.2 Å². The normalized spacial score (nSPS) is 12.8. The molecule has 0 aliphatic carbocycles. The summed E-state index contributed by atoms with van der Waals surface area (Å²) in [6, 6.07) is 8.49. The highest BCUT2D eigenvalue weighted by Gasteiger charge is 2.15. The van der Waals surface area contributed by atoms with Gasteiger partial charge in [0.15, 0.2) is 0 Å². The minimum atomic E-state index is -3.36. The molecule has 0 saturated heterocycles. The van der Waals surface area contributed by atoms with Crippen molar-refractivity contribution >= 4 is 9.84 Å². The van der Waals surface area contributed by atoms with E-state index >= 15 is 0 Å². The number of rotatable bonds is 9. The van der Waals surface area contributed by atoms with E-state index in [0.29, 0.717) is 9.80 Å². The first kappa shape index (κ1) is 17.5. The van der Waals surface area contributed by atoms with E-state index in [1.54, 1.807) is 55.6 Å². The number of hydrogen-bond donors (Lipinski definition) is 1. The Morgan fingerprint density at radius 1 is 1.14 bits per heavy atom. The lowest BCUT2D eigenvalue weighted by Gasteiger charge is -2.03. The molecule has 0 aromatic heterocycles. The van der Waals surface area contributed by atoms with Crippen LogP contribution in [0.3, 0.4) is 0 Å². The van der Waals surface area contributed by atoms with Crippen LogP contribution in [-0.2, 0) is 9.84 Å². The summed E-state index contributed by atoms with van der Waals surface area (Å²) in [4.78, 5) is 0.678. The fourth-order valence-electron chi connectivity index (χ4n) is 1.86. The van der Waals surface area contributed by atoms with Crippen LogP contribution in [0.25, 0.3) is 0 Å². The van der Waals surface area contributed by atoms with Crippen molar-refractivity contribution in [2.24, 2.45) is 0 Å². The molecule has 0 bridgehead atoms. The van der Waals surface area contributed by atoms with E-state index in [9.17, 15) is 8.42 Å². The maximum absolute atomic E-state index is 12.2. The minimum absolute atomic E-state index is 0.333. The first-order chi connectivity index (χ1) is 10.1. The van der Waals surface area contributed by atoms with Crippen molar-refractivity contribution in [3.8, 4) is 0 Å². The zero-order chi connectivity index (χ0) is 15.6. The summed E-state index contributed by atoms with van der Waals surface area (Å²) < 4.78 is 24.5. The monoisotopic (exact) mass is 307 g/mol. The van der Waals surface area contributed by atoms with Crippen LogP contribution in [0.15, 0.2) is 58.5 Å². The highest BCUT2D eigenvalue weighted by Crippen LogP contribution is 2.18. The van der Waals surface area contributed by atoms with E-state index in [-0.39, 0.29) is 0 Å². The molecule has 116 valence electrons. The maximum atomic E-state index is 12.2. The fraction of sp³-hybridized carbons (Fsp3) is 0.412. The molecular weight excluding hydrogens is 282 g/mol. The summed E-state index contributed by atoms with van der Waals surface area (Å²) in [5, 5.41) is 3.17. The van der Waals surface area contributed by atoms with Gasteiger partial charge in [-0.15, -0.1) is 0 Å². The van der Waals surface area contributed by atoms with Crippen molar-refractivity contribution in [2.75, 3.05) is 6.54 Å². The van der Waals surface area contributed by atoms with Gasteiger partial charge in [0.2, 0.25) is 9.84 Å². The molecule has 3 nitrogen and oxygen atoms in total. The van der Waals surface area contributed by atoms with Crippen LogP contribution in [-0.4, -0.2) is 15.0 Å². The van der Waals surface area contributed by atoms with Gasteiger partial charge in [0.25, 0.3) is 0 Å². The summed E-state index contributed by atoms with van der Waals surface area (Å²) in [7, 11) is -3.36. The Morgan fingerprint density at radius 2 is 1.86 bits per heavy atom. The lowest BCUT2D eigenvalue weighted by molar-refractivity contribution is 0.602. The second-order valence-electron chi connectivity index (χ2n) is 4.97. The summed E-state index contributed by atoms with van der Waals surface area (Å²) in [6.45, 7) is 4.73. The zero-order valence-electron chi connectivity index (χ0n) is 12.9. The fourth-order valence-corrected chi connectivity index (χ4v) is 3.01. The molecule has 21 heavy (non-hydrogen) atoms. The molecule has 0 fully saturated rings. The third-order valence-electron chi connectivity index (χ3n) is 3.20. The summed E-state index contributed by atoms with van der Waals surface area (Å²) in [6.07, 6.45) is 10.0. The molecule has 1 rings (SSSR count). The van der Waals surface area contributed by atoms with Crippen molar-refractivity contribution in [2.45, 2.75) is 44.4 Å². The van der Waals surface area contributed by atoms with E-state index in [2.05, 4.69) is 12.2 Å². The highest BCUT2D eigenvalue weighted by atomic mass is 32.2. The first-order valence-corrected chi connectivity index (χ1v) is 8.94. The molecule has 0 spiro atoms. The lowest BCUT2D eigenvalue weighted by atomic mass is 10.2. The van der Waals surface area contributed by atoms with Crippen LogP contribution in [0.5, 0.6) is 0 Å². The van der Waals surface area contributed by atoms with E-state index in [4.69, 9.17) is 0 Å². The molecule has 0 aliphatic rings. The van der Waals surface area contributed by atoms with Gasteiger partial charge in [-0.05, 0) is 43.8 Å². The number of hydrogen-bond acceptors (Lipinski definition) is 3. The SMILES string of the molecule is CCCCCCNC=CC=C(C)S(=O)(=O)c1ccccc1. The molecule has 4 heteroatoms. The quantitative estimate of drug-likeness (QED) is 0.553. The number of unbranched alkanes of at least 4 members (excludes halogenated alkanes) is 3. The van der Waals surface area contributed by atoms with E-state index in [1.165, 1.54) is 19.3 Å². The van der Waals surface area contributed by atoms with Crippen molar-refractivity contribution in [3.63, 3.8) is 0 Å². The molecule has 1 N–H and O–H groups in total. The third-order valence-corrected chi connectivity index (χ3v) is 5.07. The molecule has 0 radical (unpaired) electrons. The van der Waals surface area contributed by atoms with Crippen molar-refractivity contribution < 1.29 is 8.42 Å². The highest BCUT2D eigenvalue weighted by molar-refractivity contribution is 7.95. The van der Waals surface area contributed by atoms with Gasteiger partial charge in [-0.2, -0.15) is 0 Å². The Balaban J connectivity index is 2.49. The number of nitrogens with one attached hydrogen (secondary N) is 1. The van der Waals surface area contributed by atoms with Crippen LogP contribution >= 0.6 is 0 Å². The van der Waals surface area contributed by atoms with Gasteiger partial charge in [0.1, 0.15) is 0 Å². The molecule has 0 saturated carbocycles. The Bertz CT molecular complexity index is 560. The predicted octanol–water partition coefficient (Wildman–Crippen LogP) is 4.05. The summed E-state index contributed by atoms with van der Waals surface area (Å²) in [5.41, 5.74) is 0. The molecule has 0 amide bonds. The van der Waals surface area contributed by atoms with Gasteiger partial charge in [-0.25, -0.2) is 8.42 Å². The summed E-state index contributed by atoms with van der Waals surface area (Å²) >= 11 is 0. The average molecular weight is 307 g/mol. The smallest absolute Gasteiger partial charge is 0.202 e. The Kier molecular flexibility index (Phi) is 7.83. The van der Waals surface area contributed by atoms with E-state index < -0.39 is 9.84 Å². The average Bonchev–Trinajstić information content (AvgIpc) is 2.50. The van der Waals surface area contributed by atoms with E-state index in [1.807, 2.05) is 0 Å². The minimum Gasteiger partial charge on any atom is -0.391 e. The van der Waals surface area contributed by atoms with Crippen LogP contribution in [0.4, 0.5) is 0 Å². The van der Waals surface area contributed by atoms with Gasteiger partial charge >= 0.3 is 0 Å². The molecule has 0 unspecified atom stereocenters. The molecule has 1 aromatic rings. The van der Waals surface area contributed by atoms with Crippen molar-refractivity contribution in [1.29, 1.82) is 0 Å². The predicted molar refractivity (Wildman–Crippen MR) is 88.7 cm³/mol. The van der Waals surface area contributed by atoms with Crippen LogP contribution < -0.4 is 5.32 Å². The Labute approximate surface area is 128 Å². The van der Waals surface area contributed by atoms with Gasteiger partial charge in [-0.1, -0.05) is 44.4 Å². The standard InChI is InChI=1S/C17H25NO2S/c1-3-4-5-9-14-18-15-10-11-16(2)21(19,20)17-12-7-6-8-13-17/h6-8,10-13,15,18H,3-5,9,14H2,1-2H3. The third kappa shape index (κ3) is 6.17. The van der Waals surface area contributed by atoms with Gasteiger partial charge < -0.3 is 5.32 Å². The number of sulfone groups is 1. The molecule has 0 atom stereocenters. The zero-order valence-corrected chi connectivity index (χ0v) is 13.7. The van der Waals surface area contributed by atoms with Crippen LogP contribution in [0.2, 0.25) is 0 Å². The second-order valence-corrected chi connectivity index (χ2v) is 7.09. The lowest BCUT2D eigenvalue weighted by Crippen LogP contribution is -2.06. The van der Waals surface area contributed by atoms with Crippen molar-refractivity contribution in [3.05, 3.63) is 53.6 Å². The Morgan fingerprint density at radius 3 is 2.52 bits per heavy atom. The molecule has 1 aromatic carbocycles. The first-order valence-electron chi connectivity index (χ1n) is 7.46. The van der Waals surface area contributed by atoms with Gasteiger partial charge in [0, 0.05) is 11.4 Å². The molecular formula is C17H25NO2S. The van der Waals surface area contributed by atoms with Crippen molar-refractivity contribution in [1.82, 2.24) is 5.32 Å². The number of allylic oxidation sites excluding steroid dienone is 3. The number of benzene rings is 1. The Hall–Kier alpha value is -1.55. The van der Waals surface area contributed by atoms with Crippen LogP contribution in [0.1, 0.15) is 39.5 Å². The largest absolute Gasteiger partial charge is 0.391 e. The summed E-state index contributed by atoms with van der Waals surface area (Å²) in [5.74, 6) is 0.